The molecule has 19 heavy (non-hydrogen) atoms. The van der Waals surface area contributed by atoms with Gasteiger partial charge in [0.2, 0.25) is 15.9 Å². The van der Waals surface area contributed by atoms with E-state index in [1.54, 1.807) is 0 Å². The number of rotatable bonds is 5. The highest BCUT2D eigenvalue weighted by atomic mass is 32.2. The van der Waals surface area contributed by atoms with Crippen molar-refractivity contribution in [1.29, 1.82) is 5.26 Å². The summed E-state index contributed by atoms with van der Waals surface area (Å²) in [6.45, 7) is 1.52. The van der Waals surface area contributed by atoms with Crippen LogP contribution in [-0.2, 0) is 14.8 Å². The number of hydrogen-bond acceptors (Lipinski definition) is 4. The number of benzene rings is 1. The second-order valence-electron chi connectivity index (χ2n) is 3.94. The van der Waals surface area contributed by atoms with Crippen LogP contribution in [-0.4, -0.2) is 32.2 Å². The molecule has 0 aliphatic carbocycles. The summed E-state index contributed by atoms with van der Waals surface area (Å²) in [5, 5.41) is 11.0. The summed E-state index contributed by atoms with van der Waals surface area (Å²) in [4.78, 5) is 11.0. The van der Waals surface area contributed by atoms with Crippen molar-refractivity contribution < 1.29 is 13.2 Å². The molecule has 0 radical (unpaired) electrons. The first-order valence-electron chi connectivity index (χ1n) is 5.59. The van der Waals surface area contributed by atoms with E-state index in [4.69, 9.17) is 5.26 Å². The number of nitriles is 1. The van der Waals surface area contributed by atoms with Gasteiger partial charge in [0.15, 0.2) is 0 Å². The summed E-state index contributed by atoms with van der Waals surface area (Å²) >= 11 is 0. The topological polar surface area (TPSA) is 90.3 Å². The average Bonchev–Trinajstić information content (AvgIpc) is 2.35. The van der Waals surface area contributed by atoms with E-state index >= 15 is 0 Å². The van der Waals surface area contributed by atoms with Gasteiger partial charge < -0.3 is 5.32 Å². The molecular weight excluding hydrogens is 266 g/mol. The van der Waals surface area contributed by atoms with Crippen molar-refractivity contribution in [3.63, 3.8) is 0 Å². The third-order valence-electron chi connectivity index (χ3n) is 2.42. The Balaban J connectivity index is 2.90. The van der Waals surface area contributed by atoms with Crippen molar-refractivity contribution in [2.24, 2.45) is 0 Å². The van der Waals surface area contributed by atoms with E-state index < -0.39 is 10.0 Å². The van der Waals surface area contributed by atoms with Crippen LogP contribution in [0.15, 0.2) is 29.2 Å². The van der Waals surface area contributed by atoms with Crippen LogP contribution >= 0.6 is 0 Å². The average molecular weight is 281 g/mol. The zero-order chi connectivity index (χ0) is 14.5. The Morgan fingerprint density at radius 2 is 1.95 bits per heavy atom. The van der Waals surface area contributed by atoms with Crippen LogP contribution in [0.4, 0.5) is 5.69 Å². The van der Waals surface area contributed by atoms with Gasteiger partial charge >= 0.3 is 0 Å². The maximum Gasteiger partial charge on any atom is 0.242 e. The van der Waals surface area contributed by atoms with Gasteiger partial charge in [-0.1, -0.05) is 0 Å². The van der Waals surface area contributed by atoms with E-state index in [0.29, 0.717) is 5.69 Å². The second-order valence-corrected chi connectivity index (χ2v) is 5.99. The van der Waals surface area contributed by atoms with E-state index in [-0.39, 0.29) is 23.8 Å². The molecule has 0 aromatic heterocycles. The Morgan fingerprint density at radius 3 is 2.42 bits per heavy atom. The maximum absolute atomic E-state index is 12.1. The number of anilines is 1. The first kappa shape index (κ1) is 15.1. The monoisotopic (exact) mass is 281 g/mol. The molecular formula is C12H15N3O3S. The van der Waals surface area contributed by atoms with E-state index in [0.717, 1.165) is 4.31 Å². The van der Waals surface area contributed by atoms with Crippen LogP contribution in [0.3, 0.4) is 0 Å². The molecule has 1 amide bonds. The molecule has 0 heterocycles. The first-order chi connectivity index (χ1) is 8.87. The van der Waals surface area contributed by atoms with Gasteiger partial charge in [0.25, 0.3) is 0 Å². The molecule has 102 valence electrons. The number of nitrogens with zero attached hydrogens (tertiary/aromatic N) is 2. The van der Waals surface area contributed by atoms with Gasteiger partial charge in [-0.25, -0.2) is 8.42 Å². The predicted molar refractivity (Wildman–Crippen MR) is 70.8 cm³/mol. The Kier molecular flexibility index (Phi) is 5.03. The molecule has 0 bridgehead atoms. The van der Waals surface area contributed by atoms with Gasteiger partial charge in [0.1, 0.15) is 0 Å². The minimum Gasteiger partial charge on any atom is -0.326 e. The number of carbonyl (C=O) groups is 1. The van der Waals surface area contributed by atoms with Gasteiger partial charge in [0.05, 0.1) is 11.0 Å². The minimum absolute atomic E-state index is 0.127. The van der Waals surface area contributed by atoms with E-state index in [1.165, 1.54) is 38.2 Å². The molecule has 1 rings (SSSR count). The second kappa shape index (κ2) is 6.31. The van der Waals surface area contributed by atoms with Gasteiger partial charge in [-0.15, -0.1) is 0 Å². The summed E-state index contributed by atoms with van der Waals surface area (Å²) in [5.41, 5.74) is 0.533. The molecule has 0 saturated heterocycles. The van der Waals surface area contributed by atoms with Crippen LogP contribution in [0.1, 0.15) is 13.3 Å². The zero-order valence-electron chi connectivity index (χ0n) is 10.8. The normalized spacial score (nSPS) is 11.1. The third kappa shape index (κ3) is 4.05. The molecule has 0 spiro atoms. The lowest BCUT2D eigenvalue weighted by Crippen LogP contribution is -2.27. The van der Waals surface area contributed by atoms with E-state index in [1.807, 2.05) is 6.07 Å². The Morgan fingerprint density at radius 1 is 1.37 bits per heavy atom. The van der Waals surface area contributed by atoms with Crippen LogP contribution in [0.25, 0.3) is 0 Å². The lowest BCUT2D eigenvalue weighted by Gasteiger charge is -2.15. The molecule has 0 aliphatic heterocycles. The van der Waals surface area contributed by atoms with Gasteiger partial charge in [-0.05, 0) is 24.3 Å². The number of sulfonamides is 1. The molecule has 1 aromatic carbocycles. The Labute approximate surface area is 112 Å². The van der Waals surface area contributed by atoms with Crippen LogP contribution < -0.4 is 5.32 Å². The summed E-state index contributed by atoms with van der Waals surface area (Å²) < 4.78 is 25.3. The van der Waals surface area contributed by atoms with Gasteiger partial charge in [-0.2, -0.15) is 9.57 Å². The standard InChI is InChI=1S/C12H15N3O3S/c1-10(16)14-11-4-6-12(7-5-11)19(17,18)15(2)9-3-8-13/h4-7H,3,9H2,1-2H3,(H,14,16). The smallest absolute Gasteiger partial charge is 0.242 e. The Bertz CT molecular complexity index is 588. The first-order valence-corrected chi connectivity index (χ1v) is 7.03. The molecule has 0 saturated carbocycles. The van der Waals surface area contributed by atoms with Crippen molar-refractivity contribution in [3.05, 3.63) is 24.3 Å². The SMILES string of the molecule is CC(=O)Nc1ccc(S(=O)(=O)N(C)CCC#N)cc1. The van der Waals surface area contributed by atoms with Crippen LogP contribution in [0.5, 0.6) is 0 Å². The van der Waals surface area contributed by atoms with Crippen molar-refractivity contribution in [1.82, 2.24) is 4.31 Å². The van der Waals surface area contributed by atoms with Crippen LogP contribution in [0.2, 0.25) is 0 Å². The summed E-state index contributed by atoms with van der Waals surface area (Å²) in [7, 11) is -2.16. The molecule has 6 nitrogen and oxygen atoms in total. The van der Waals surface area contributed by atoms with Crippen molar-refractivity contribution >= 4 is 21.6 Å². The van der Waals surface area contributed by atoms with Crippen LogP contribution in [0, 0.1) is 11.3 Å². The molecule has 1 N–H and O–H groups in total. The molecule has 0 aliphatic rings. The number of carbonyl (C=O) groups excluding carboxylic acids is 1. The van der Waals surface area contributed by atoms with Crippen molar-refractivity contribution in [3.8, 4) is 6.07 Å². The van der Waals surface area contributed by atoms with Gasteiger partial charge in [-0.3, -0.25) is 4.79 Å². The number of amides is 1. The minimum atomic E-state index is -3.59. The van der Waals surface area contributed by atoms with E-state index in [2.05, 4.69) is 5.32 Å². The lowest BCUT2D eigenvalue weighted by molar-refractivity contribution is -0.114. The Hall–Kier alpha value is -1.91. The predicted octanol–water partition coefficient (Wildman–Crippen LogP) is 1.18. The van der Waals surface area contributed by atoms with Crippen molar-refractivity contribution in [2.75, 3.05) is 18.9 Å². The highest BCUT2D eigenvalue weighted by molar-refractivity contribution is 7.89. The molecule has 1 aromatic rings. The fraction of sp³-hybridized carbons (Fsp3) is 0.333. The fourth-order valence-electron chi connectivity index (χ4n) is 1.42. The highest BCUT2D eigenvalue weighted by Crippen LogP contribution is 2.17. The summed E-state index contributed by atoms with van der Waals surface area (Å²) in [6.07, 6.45) is 0.139. The lowest BCUT2D eigenvalue weighted by atomic mass is 10.3. The maximum atomic E-state index is 12.1. The quantitative estimate of drug-likeness (QED) is 0.877. The zero-order valence-corrected chi connectivity index (χ0v) is 11.6. The fourth-order valence-corrected chi connectivity index (χ4v) is 2.59. The van der Waals surface area contributed by atoms with Crippen molar-refractivity contribution in [2.45, 2.75) is 18.2 Å². The largest absolute Gasteiger partial charge is 0.326 e. The molecule has 7 heteroatoms. The highest BCUT2D eigenvalue weighted by Gasteiger charge is 2.19. The van der Waals surface area contributed by atoms with E-state index in [9.17, 15) is 13.2 Å². The number of hydrogen-bond donors (Lipinski definition) is 1. The molecule has 0 fully saturated rings. The number of nitrogens with one attached hydrogen (secondary N) is 1. The van der Waals surface area contributed by atoms with Gasteiger partial charge in [0, 0.05) is 32.6 Å². The molecule has 0 unspecified atom stereocenters. The molecule has 0 atom stereocenters. The summed E-state index contributed by atoms with van der Waals surface area (Å²) in [6, 6.07) is 7.78. The summed E-state index contributed by atoms with van der Waals surface area (Å²) in [5.74, 6) is -0.221. The third-order valence-corrected chi connectivity index (χ3v) is 4.29.